The van der Waals surface area contributed by atoms with Crippen LogP contribution in [0.5, 0.6) is 0 Å². The second-order valence-corrected chi connectivity index (χ2v) is 6.63. The second kappa shape index (κ2) is 9.14. The summed E-state index contributed by atoms with van der Waals surface area (Å²) in [5, 5.41) is 0. The van der Waals surface area contributed by atoms with Gasteiger partial charge >= 0.3 is 5.97 Å². The van der Waals surface area contributed by atoms with Crippen molar-refractivity contribution < 1.29 is 9.53 Å². The van der Waals surface area contributed by atoms with E-state index in [1.165, 1.54) is 26.4 Å². The summed E-state index contributed by atoms with van der Waals surface area (Å²) < 4.78 is 5.01. The number of hydrogen-bond acceptors (Lipinski definition) is 3. The molecule has 2 aromatic rings. The Morgan fingerprint density at radius 3 is 1.96 bits per heavy atom. The van der Waals surface area contributed by atoms with E-state index in [9.17, 15) is 4.79 Å². The Morgan fingerprint density at radius 1 is 0.923 bits per heavy atom. The number of carbonyl (C=O) groups is 1. The first-order valence-electron chi connectivity index (χ1n) is 9.27. The quantitative estimate of drug-likeness (QED) is 0.426. The van der Waals surface area contributed by atoms with Crippen LogP contribution >= 0.6 is 0 Å². The predicted octanol–water partition coefficient (Wildman–Crippen LogP) is 5.16. The van der Waals surface area contributed by atoms with Crippen LogP contribution in [0.3, 0.4) is 0 Å². The summed E-state index contributed by atoms with van der Waals surface area (Å²) in [5.41, 5.74) is 3.16. The Labute approximate surface area is 155 Å². The summed E-state index contributed by atoms with van der Waals surface area (Å²) in [6.45, 7) is 0. The number of aliphatic imine (C=N–C) groups is 1. The van der Waals surface area contributed by atoms with Crippen molar-refractivity contribution in [2.45, 2.75) is 32.1 Å². The summed E-state index contributed by atoms with van der Waals surface area (Å²) in [7, 11) is 1.41. The summed E-state index contributed by atoms with van der Waals surface area (Å²) in [6.07, 6.45) is 7.94. The lowest BCUT2D eigenvalue weighted by Crippen LogP contribution is -2.12. The Balaban J connectivity index is 2.05. The van der Waals surface area contributed by atoms with Crippen molar-refractivity contribution in [3.05, 3.63) is 83.6 Å². The van der Waals surface area contributed by atoms with E-state index in [1.54, 1.807) is 0 Å². The van der Waals surface area contributed by atoms with E-state index in [1.807, 2.05) is 66.7 Å². The molecule has 0 amide bonds. The number of ether oxygens (including phenoxy) is 1. The molecule has 3 heteroatoms. The highest BCUT2D eigenvalue weighted by Crippen LogP contribution is 2.26. The van der Waals surface area contributed by atoms with Crippen LogP contribution in [0.1, 0.15) is 43.2 Å². The zero-order chi connectivity index (χ0) is 18.2. The molecule has 0 aliphatic heterocycles. The molecule has 0 saturated heterocycles. The highest BCUT2D eigenvalue weighted by atomic mass is 16.5. The number of esters is 1. The van der Waals surface area contributed by atoms with Crippen molar-refractivity contribution in [3.63, 3.8) is 0 Å². The van der Waals surface area contributed by atoms with E-state index in [2.05, 4.69) is 0 Å². The molecule has 1 aliphatic carbocycles. The first-order chi connectivity index (χ1) is 12.8. The van der Waals surface area contributed by atoms with E-state index in [-0.39, 0.29) is 5.97 Å². The Bertz CT molecular complexity index is 731. The zero-order valence-electron chi connectivity index (χ0n) is 15.2. The highest BCUT2D eigenvalue weighted by molar-refractivity contribution is 6.14. The number of allylic oxidation sites excluding steroid dienone is 1. The molecule has 3 rings (SSSR count). The van der Waals surface area contributed by atoms with Gasteiger partial charge in [-0.15, -0.1) is 0 Å². The van der Waals surface area contributed by atoms with Gasteiger partial charge in [0.2, 0.25) is 0 Å². The average Bonchev–Trinajstić information content (AvgIpc) is 2.72. The molecule has 0 atom stereocenters. The Kier molecular flexibility index (Phi) is 6.37. The minimum absolute atomic E-state index is 0.375. The number of rotatable bonds is 5. The molecule has 0 bridgehead atoms. The number of benzene rings is 2. The van der Waals surface area contributed by atoms with Gasteiger partial charge < -0.3 is 4.74 Å². The fourth-order valence-corrected chi connectivity index (χ4v) is 3.39. The fraction of sp³-hybridized carbons (Fsp3) is 0.304. The van der Waals surface area contributed by atoms with Gasteiger partial charge in [0.05, 0.1) is 12.8 Å². The van der Waals surface area contributed by atoms with E-state index in [0.717, 1.165) is 29.7 Å². The smallest absolute Gasteiger partial charge is 0.356 e. The van der Waals surface area contributed by atoms with E-state index < -0.39 is 0 Å². The first kappa shape index (κ1) is 18.1. The molecule has 1 fully saturated rings. The standard InChI is InChI=1S/C23H25NO2/c1-26-23(25)21(17-18-11-5-2-6-12-18)24-22(19-13-7-3-8-14-19)20-15-9-4-10-16-20/h3-4,7-10,13-18H,2,5-6,11-12H2,1H3/b21-17-. The molecule has 0 unspecified atom stereocenters. The number of hydrogen-bond donors (Lipinski definition) is 0. The summed E-state index contributed by atoms with van der Waals surface area (Å²) in [4.78, 5) is 17.2. The number of methoxy groups -OCH3 is 1. The van der Waals surface area contributed by atoms with E-state index >= 15 is 0 Å². The van der Waals surface area contributed by atoms with Crippen molar-refractivity contribution in [1.29, 1.82) is 0 Å². The lowest BCUT2D eigenvalue weighted by Gasteiger charge is -2.18. The molecule has 0 heterocycles. The highest BCUT2D eigenvalue weighted by Gasteiger charge is 2.17. The van der Waals surface area contributed by atoms with Crippen LogP contribution < -0.4 is 0 Å². The molecule has 0 spiro atoms. The molecular formula is C23H25NO2. The van der Waals surface area contributed by atoms with E-state index in [0.29, 0.717) is 11.6 Å². The molecule has 26 heavy (non-hydrogen) atoms. The molecule has 134 valence electrons. The predicted molar refractivity (Wildman–Crippen MR) is 105 cm³/mol. The molecule has 0 aromatic heterocycles. The van der Waals surface area contributed by atoms with Gasteiger partial charge in [-0.3, -0.25) is 0 Å². The maximum absolute atomic E-state index is 12.4. The lowest BCUT2D eigenvalue weighted by molar-refractivity contribution is -0.136. The van der Waals surface area contributed by atoms with Crippen LogP contribution in [0.2, 0.25) is 0 Å². The zero-order valence-corrected chi connectivity index (χ0v) is 15.2. The molecule has 0 radical (unpaired) electrons. The monoisotopic (exact) mass is 347 g/mol. The van der Waals surface area contributed by atoms with Crippen molar-refractivity contribution >= 4 is 11.7 Å². The van der Waals surface area contributed by atoms with Crippen LogP contribution in [0.25, 0.3) is 0 Å². The minimum Gasteiger partial charge on any atom is -0.464 e. The Hall–Kier alpha value is -2.68. The van der Waals surface area contributed by atoms with E-state index in [4.69, 9.17) is 9.73 Å². The first-order valence-corrected chi connectivity index (χ1v) is 9.27. The Morgan fingerprint density at radius 2 is 1.46 bits per heavy atom. The summed E-state index contributed by atoms with van der Waals surface area (Å²) in [5.74, 6) is 0.0225. The largest absolute Gasteiger partial charge is 0.464 e. The minimum atomic E-state index is -0.375. The van der Waals surface area contributed by atoms with Crippen LogP contribution in [0.15, 0.2) is 77.4 Å². The lowest BCUT2D eigenvalue weighted by atomic mass is 9.88. The van der Waals surface area contributed by atoms with Gasteiger partial charge in [0, 0.05) is 11.1 Å². The SMILES string of the molecule is COC(=O)/C(=C/C1CCCCC1)N=C(c1ccccc1)c1ccccc1. The molecule has 3 nitrogen and oxygen atoms in total. The van der Waals surface area contributed by atoms with Crippen molar-refractivity contribution in [2.75, 3.05) is 7.11 Å². The fourth-order valence-electron chi connectivity index (χ4n) is 3.39. The van der Waals surface area contributed by atoms with Gasteiger partial charge in [-0.05, 0) is 24.8 Å². The van der Waals surface area contributed by atoms with Crippen molar-refractivity contribution in [3.8, 4) is 0 Å². The maximum Gasteiger partial charge on any atom is 0.356 e. The topological polar surface area (TPSA) is 38.7 Å². The average molecular weight is 347 g/mol. The van der Waals surface area contributed by atoms with Gasteiger partial charge in [-0.25, -0.2) is 9.79 Å². The third-order valence-corrected chi connectivity index (χ3v) is 4.76. The maximum atomic E-state index is 12.4. The molecule has 1 saturated carbocycles. The number of nitrogens with zero attached hydrogens (tertiary/aromatic N) is 1. The third kappa shape index (κ3) is 4.69. The second-order valence-electron chi connectivity index (χ2n) is 6.63. The number of carbonyl (C=O) groups excluding carboxylic acids is 1. The van der Waals surface area contributed by atoms with Crippen LogP contribution in [-0.2, 0) is 9.53 Å². The van der Waals surface area contributed by atoms with Crippen molar-refractivity contribution in [2.24, 2.45) is 10.9 Å². The van der Waals surface area contributed by atoms with Gasteiger partial charge in [0.25, 0.3) is 0 Å². The molecular weight excluding hydrogens is 322 g/mol. The van der Waals surface area contributed by atoms with Gasteiger partial charge in [0.15, 0.2) is 0 Å². The summed E-state index contributed by atoms with van der Waals surface area (Å²) in [6, 6.07) is 19.9. The molecule has 1 aliphatic rings. The van der Waals surface area contributed by atoms with Crippen LogP contribution in [0, 0.1) is 5.92 Å². The molecule has 0 N–H and O–H groups in total. The van der Waals surface area contributed by atoms with Crippen LogP contribution in [0.4, 0.5) is 0 Å². The molecule has 2 aromatic carbocycles. The van der Waals surface area contributed by atoms with Crippen LogP contribution in [-0.4, -0.2) is 18.8 Å². The normalized spacial score (nSPS) is 15.3. The van der Waals surface area contributed by atoms with Gasteiger partial charge in [-0.2, -0.15) is 0 Å². The van der Waals surface area contributed by atoms with Crippen molar-refractivity contribution in [1.82, 2.24) is 0 Å². The summed E-state index contributed by atoms with van der Waals surface area (Å²) >= 11 is 0. The third-order valence-electron chi connectivity index (χ3n) is 4.76. The van der Waals surface area contributed by atoms with Gasteiger partial charge in [0.1, 0.15) is 5.70 Å². The van der Waals surface area contributed by atoms with Gasteiger partial charge in [-0.1, -0.05) is 79.9 Å².